The summed E-state index contributed by atoms with van der Waals surface area (Å²) in [7, 11) is 3.44. The summed E-state index contributed by atoms with van der Waals surface area (Å²) in [6.07, 6.45) is 4.02. The van der Waals surface area contributed by atoms with Crippen molar-refractivity contribution in [3.8, 4) is 0 Å². The lowest BCUT2D eigenvalue weighted by molar-refractivity contribution is 0.0827. The van der Waals surface area contributed by atoms with Crippen LogP contribution in [0.1, 0.15) is 32.0 Å². The lowest BCUT2D eigenvalue weighted by atomic mass is 10.1. The fourth-order valence-electron chi connectivity index (χ4n) is 3.22. The number of hydrogen-bond donors (Lipinski definition) is 1. The van der Waals surface area contributed by atoms with E-state index in [1.807, 2.05) is 71.4 Å². The van der Waals surface area contributed by atoms with E-state index in [4.69, 9.17) is 0 Å². The van der Waals surface area contributed by atoms with Crippen molar-refractivity contribution in [1.82, 2.24) is 19.6 Å². The molecule has 1 N–H and O–H groups in total. The third-order valence-corrected chi connectivity index (χ3v) is 6.02. The largest absolute Gasteiger partial charge is 0.348 e. The smallest absolute Gasteiger partial charge is 0.253 e. The van der Waals surface area contributed by atoms with Crippen LogP contribution in [0, 0.1) is 0 Å². The predicted octanol–water partition coefficient (Wildman–Crippen LogP) is 4.26. The topological polar surface area (TPSA) is 66.7 Å². The van der Waals surface area contributed by atoms with Crippen LogP contribution in [-0.2, 0) is 12.3 Å². The third-order valence-electron chi connectivity index (χ3n) is 4.98. The molecule has 4 aromatic rings. The summed E-state index contributed by atoms with van der Waals surface area (Å²) < 4.78 is 2.01. The number of nitrogens with one attached hydrogen (secondary N) is 1. The van der Waals surface area contributed by atoms with Crippen LogP contribution in [0.5, 0.6) is 0 Å². The van der Waals surface area contributed by atoms with Crippen molar-refractivity contribution in [2.75, 3.05) is 14.1 Å². The highest BCUT2D eigenvalue weighted by molar-refractivity contribution is 7.98. The van der Waals surface area contributed by atoms with Crippen LogP contribution in [-0.4, -0.2) is 40.2 Å². The van der Waals surface area contributed by atoms with Crippen LogP contribution in [0.4, 0.5) is 0 Å². The Bertz CT molecular complexity index is 1200. The Kier molecular flexibility index (Phi) is 6.56. The van der Waals surface area contributed by atoms with Gasteiger partial charge in [-0.05, 0) is 54.1 Å². The minimum absolute atomic E-state index is 0.0419. The first-order chi connectivity index (χ1) is 15.5. The molecule has 4 rings (SSSR count). The fraction of sp³-hybridized carbons (Fsp3) is 0.160. The van der Waals surface area contributed by atoms with Gasteiger partial charge in [0.15, 0.2) is 0 Å². The van der Waals surface area contributed by atoms with Crippen molar-refractivity contribution in [2.45, 2.75) is 17.2 Å². The molecule has 6 nitrogen and oxygen atoms in total. The van der Waals surface area contributed by atoms with Gasteiger partial charge in [-0.3, -0.25) is 9.59 Å². The van der Waals surface area contributed by atoms with Gasteiger partial charge >= 0.3 is 0 Å². The summed E-state index contributed by atoms with van der Waals surface area (Å²) in [6, 6.07) is 20.8. The van der Waals surface area contributed by atoms with Gasteiger partial charge in [0.05, 0.1) is 5.69 Å². The van der Waals surface area contributed by atoms with E-state index in [2.05, 4.69) is 10.3 Å². The maximum atomic E-state index is 12.5. The van der Waals surface area contributed by atoms with E-state index in [0.29, 0.717) is 17.7 Å². The molecule has 32 heavy (non-hydrogen) atoms. The van der Waals surface area contributed by atoms with Gasteiger partial charge in [0, 0.05) is 54.8 Å². The minimum atomic E-state index is -0.129. The van der Waals surface area contributed by atoms with E-state index < -0.39 is 0 Å². The second kappa shape index (κ2) is 9.70. The van der Waals surface area contributed by atoms with Gasteiger partial charge in [-0.25, -0.2) is 4.98 Å². The van der Waals surface area contributed by atoms with E-state index in [9.17, 15) is 9.59 Å². The number of imidazole rings is 1. The molecule has 2 aromatic carbocycles. The Labute approximate surface area is 191 Å². The zero-order valence-electron chi connectivity index (χ0n) is 18.0. The molecule has 0 saturated carbocycles. The monoisotopic (exact) mass is 444 g/mol. The average Bonchev–Trinajstić information content (AvgIpc) is 3.24. The summed E-state index contributed by atoms with van der Waals surface area (Å²) in [5, 5.41) is 2.93. The van der Waals surface area contributed by atoms with Crippen molar-refractivity contribution in [2.24, 2.45) is 0 Å². The number of fused-ring (bicyclic) bond motifs is 1. The van der Waals surface area contributed by atoms with Crippen molar-refractivity contribution in [3.05, 3.63) is 102 Å². The van der Waals surface area contributed by atoms with Gasteiger partial charge < -0.3 is 14.6 Å². The van der Waals surface area contributed by atoms with E-state index in [0.717, 1.165) is 27.6 Å². The third kappa shape index (κ3) is 5.18. The molecule has 0 fully saturated rings. The molecule has 0 unspecified atom stereocenters. The highest BCUT2D eigenvalue weighted by Crippen LogP contribution is 2.23. The molecule has 2 aromatic heterocycles. The number of amides is 2. The molecule has 2 heterocycles. The van der Waals surface area contributed by atoms with Gasteiger partial charge in [0.25, 0.3) is 11.8 Å². The minimum Gasteiger partial charge on any atom is -0.348 e. The second-order valence-electron chi connectivity index (χ2n) is 7.59. The van der Waals surface area contributed by atoms with Crippen LogP contribution in [0.2, 0.25) is 0 Å². The van der Waals surface area contributed by atoms with Gasteiger partial charge in [-0.15, -0.1) is 11.8 Å². The van der Waals surface area contributed by atoms with Crippen molar-refractivity contribution in [3.63, 3.8) is 0 Å². The molecule has 0 saturated heterocycles. The molecule has 162 valence electrons. The van der Waals surface area contributed by atoms with Gasteiger partial charge in [0.1, 0.15) is 5.65 Å². The summed E-state index contributed by atoms with van der Waals surface area (Å²) >= 11 is 1.69. The Hall–Kier alpha value is -3.58. The van der Waals surface area contributed by atoms with Gasteiger partial charge in [-0.2, -0.15) is 0 Å². The Morgan fingerprint density at radius 1 is 0.969 bits per heavy atom. The van der Waals surface area contributed by atoms with Crippen molar-refractivity contribution in [1.29, 1.82) is 0 Å². The fourth-order valence-corrected chi connectivity index (χ4v) is 4.01. The van der Waals surface area contributed by atoms with Crippen molar-refractivity contribution < 1.29 is 9.59 Å². The number of hydrogen-bond acceptors (Lipinski definition) is 4. The molecule has 0 bridgehead atoms. The number of benzene rings is 2. The van der Waals surface area contributed by atoms with E-state index in [1.165, 1.54) is 4.90 Å². The first kappa shape index (κ1) is 21.6. The Morgan fingerprint density at radius 2 is 1.69 bits per heavy atom. The van der Waals surface area contributed by atoms with Crippen LogP contribution in [0.3, 0.4) is 0 Å². The van der Waals surface area contributed by atoms with E-state index in [-0.39, 0.29) is 11.8 Å². The lowest BCUT2D eigenvalue weighted by Gasteiger charge is -2.11. The summed E-state index contributed by atoms with van der Waals surface area (Å²) in [5.41, 5.74) is 4.13. The molecular weight excluding hydrogens is 420 g/mol. The Balaban J connectivity index is 1.29. The average molecular weight is 445 g/mol. The van der Waals surface area contributed by atoms with Crippen LogP contribution in [0.25, 0.3) is 5.65 Å². The highest BCUT2D eigenvalue weighted by atomic mass is 32.2. The van der Waals surface area contributed by atoms with Crippen LogP contribution >= 0.6 is 11.8 Å². The lowest BCUT2D eigenvalue weighted by Crippen LogP contribution is -2.23. The van der Waals surface area contributed by atoms with Crippen LogP contribution in [0.15, 0.2) is 84.0 Å². The number of aromatic nitrogens is 2. The molecular formula is C25H24N4O2S. The Morgan fingerprint density at radius 3 is 2.38 bits per heavy atom. The normalized spacial score (nSPS) is 10.8. The van der Waals surface area contributed by atoms with Gasteiger partial charge in [-0.1, -0.05) is 18.2 Å². The quantitative estimate of drug-likeness (QED) is 0.433. The molecule has 2 amide bonds. The summed E-state index contributed by atoms with van der Waals surface area (Å²) in [4.78, 5) is 31.7. The molecule has 0 aliphatic rings. The highest BCUT2D eigenvalue weighted by Gasteiger charge is 2.09. The molecule has 0 aliphatic carbocycles. The molecule has 7 heteroatoms. The predicted molar refractivity (Wildman–Crippen MR) is 127 cm³/mol. The number of rotatable bonds is 7. The maximum Gasteiger partial charge on any atom is 0.253 e. The molecule has 0 radical (unpaired) electrons. The number of pyridine rings is 1. The zero-order valence-corrected chi connectivity index (χ0v) is 18.8. The SMILES string of the molecule is CN(C)C(=O)c1ccc(CNC(=O)c2ccc(SCc3cn4ccccc4n3)cc2)cc1. The number of carbonyl (C=O) groups is 2. The maximum absolute atomic E-state index is 12.5. The van der Waals surface area contributed by atoms with Crippen LogP contribution < -0.4 is 5.32 Å². The van der Waals surface area contributed by atoms with E-state index >= 15 is 0 Å². The first-order valence-electron chi connectivity index (χ1n) is 10.2. The summed E-state index contributed by atoms with van der Waals surface area (Å²) in [6.45, 7) is 0.402. The number of carbonyl (C=O) groups excluding carboxylic acids is 2. The van der Waals surface area contributed by atoms with Crippen molar-refractivity contribution >= 4 is 29.2 Å². The summed E-state index contributed by atoms with van der Waals surface area (Å²) in [5.74, 6) is 0.592. The number of thioether (sulfide) groups is 1. The molecule has 0 aliphatic heterocycles. The molecule has 0 spiro atoms. The standard InChI is InChI=1S/C25H24N4O2S/c1-28(2)25(31)20-8-6-18(7-9-20)15-26-24(30)19-10-12-22(13-11-19)32-17-21-16-29-14-4-3-5-23(29)27-21/h3-14,16H,15,17H2,1-2H3,(H,26,30). The second-order valence-corrected chi connectivity index (χ2v) is 8.64. The number of nitrogens with zero attached hydrogens (tertiary/aromatic N) is 3. The first-order valence-corrected chi connectivity index (χ1v) is 11.2. The zero-order chi connectivity index (χ0) is 22.5. The van der Waals surface area contributed by atoms with Gasteiger partial charge in [0.2, 0.25) is 0 Å². The van der Waals surface area contributed by atoms with E-state index in [1.54, 1.807) is 38.0 Å². The molecule has 0 atom stereocenters.